The largest absolute Gasteiger partial charge is 0.392 e. The molecule has 2 fully saturated rings. The monoisotopic (exact) mass is 297 g/mol. The summed E-state index contributed by atoms with van der Waals surface area (Å²) in [6, 6.07) is 0.602. The first-order valence-electron chi connectivity index (χ1n) is 8.52. The van der Waals surface area contributed by atoms with Crippen molar-refractivity contribution in [2.24, 2.45) is 0 Å². The standard InChI is InChI=1S/C16H31N3O2/c1-18(14-6-2-3-7-14)13-16(21)17-9-5-11-19-10-4-8-15(20)12-19/h14-15,20H,2-13H2,1H3,(H,17,21). The number of piperidine rings is 1. The highest BCUT2D eigenvalue weighted by molar-refractivity contribution is 5.77. The smallest absolute Gasteiger partial charge is 0.234 e. The fraction of sp³-hybridized carbons (Fsp3) is 0.938. The molecule has 2 N–H and O–H groups in total. The maximum Gasteiger partial charge on any atom is 0.234 e. The molecule has 1 saturated carbocycles. The molecule has 0 radical (unpaired) electrons. The van der Waals surface area contributed by atoms with E-state index in [-0.39, 0.29) is 12.0 Å². The van der Waals surface area contributed by atoms with Gasteiger partial charge in [0.15, 0.2) is 0 Å². The first-order valence-corrected chi connectivity index (χ1v) is 8.52. The van der Waals surface area contributed by atoms with Crippen molar-refractivity contribution < 1.29 is 9.90 Å². The van der Waals surface area contributed by atoms with E-state index in [9.17, 15) is 9.90 Å². The van der Waals surface area contributed by atoms with Gasteiger partial charge in [-0.3, -0.25) is 9.69 Å². The molecule has 1 aliphatic carbocycles. The van der Waals surface area contributed by atoms with E-state index in [0.29, 0.717) is 12.6 Å². The average molecular weight is 297 g/mol. The Morgan fingerprint density at radius 3 is 2.76 bits per heavy atom. The number of rotatable bonds is 7. The highest BCUT2D eigenvalue weighted by Crippen LogP contribution is 2.21. The Balaban J connectivity index is 1.52. The number of carbonyl (C=O) groups excluding carboxylic acids is 1. The van der Waals surface area contributed by atoms with Crippen molar-refractivity contribution in [1.29, 1.82) is 0 Å². The van der Waals surface area contributed by atoms with E-state index in [2.05, 4.69) is 22.2 Å². The van der Waals surface area contributed by atoms with Crippen molar-refractivity contribution in [2.75, 3.05) is 39.8 Å². The van der Waals surface area contributed by atoms with E-state index in [1.165, 1.54) is 25.7 Å². The van der Waals surface area contributed by atoms with Crippen molar-refractivity contribution in [2.45, 2.75) is 57.1 Å². The van der Waals surface area contributed by atoms with Gasteiger partial charge in [-0.15, -0.1) is 0 Å². The summed E-state index contributed by atoms with van der Waals surface area (Å²) in [5.74, 6) is 0.142. The Morgan fingerprint density at radius 2 is 2.05 bits per heavy atom. The Labute approximate surface area is 128 Å². The molecular weight excluding hydrogens is 266 g/mol. The van der Waals surface area contributed by atoms with Crippen LogP contribution in [-0.2, 0) is 4.79 Å². The molecule has 1 amide bonds. The number of hydrogen-bond donors (Lipinski definition) is 2. The maximum atomic E-state index is 11.9. The molecule has 1 unspecified atom stereocenters. The third kappa shape index (κ3) is 5.93. The van der Waals surface area contributed by atoms with Gasteiger partial charge in [0.2, 0.25) is 5.91 Å². The van der Waals surface area contributed by atoms with Crippen LogP contribution in [0.4, 0.5) is 0 Å². The second-order valence-electron chi connectivity index (χ2n) is 6.65. The number of hydrogen-bond acceptors (Lipinski definition) is 4. The lowest BCUT2D eigenvalue weighted by atomic mass is 10.1. The third-order valence-electron chi connectivity index (χ3n) is 4.79. The van der Waals surface area contributed by atoms with Gasteiger partial charge in [0.25, 0.3) is 0 Å². The van der Waals surface area contributed by atoms with E-state index >= 15 is 0 Å². The van der Waals surface area contributed by atoms with Crippen LogP contribution in [0.15, 0.2) is 0 Å². The number of nitrogens with zero attached hydrogens (tertiary/aromatic N) is 2. The Bertz CT molecular complexity index is 319. The molecule has 0 aromatic rings. The number of β-amino-alcohol motifs (C(OH)–C–C–N with tert-alkyl or cyclic N) is 1. The molecule has 0 spiro atoms. The summed E-state index contributed by atoms with van der Waals surface area (Å²) >= 11 is 0. The number of amides is 1. The average Bonchev–Trinajstić information content (AvgIpc) is 2.98. The summed E-state index contributed by atoms with van der Waals surface area (Å²) < 4.78 is 0. The topological polar surface area (TPSA) is 55.8 Å². The highest BCUT2D eigenvalue weighted by atomic mass is 16.3. The van der Waals surface area contributed by atoms with Crippen molar-refractivity contribution in [3.63, 3.8) is 0 Å². The van der Waals surface area contributed by atoms with Gasteiger partial charge in [-0.2, -0.15) is 0 Å². The Hall–Kier alpha value is -0.650. The second-order valence-corrected chi connectivity index (χ2v) is 6.65. The van der Waals surface area contributed by atoms with Gasteiger partial charge in [-0.1, -0.05) is 12.8 Å². The second kappa shape index (κ2) is 8.71. The summed E-state index contributed by atoms with van der Waals surface area (Å²) in [4.78, 5) is 16.4. The molecule has 122 valence electrons. The van der Waals surface area contributed by atoms with Crippen LogP contribution in [0, 0.1) is 0 Å². The van der Waals surface area contributed by atoms with Crippen LogP contribution in [0.2, 0.25) is 0 Å². The molecule has 1 saturated heterocycles. The summed E-state index contributed by atoms with van der Waals surface area (Å²) in [7, 11) is 2.06. The molecule has 2 aliphatic rings. The van der Waals surface area contributed by atoms with Crippen molar-refractivity contribution in [3.8, 4) is 0 Å². The molecule has 2 rings (SSSR count). The molecule has 0 bridgehead atoms. The van der Waals surface area contributed by atoms with Gasteiger partial charge < -0.3 is 15.3 Å². The van der Waals surface area contributed by atoms with E-state index < -0.39 is 0 Å². The third-order valence-corrected chi connectivity index (χ3v) is 4.79. The van der Waals surface area contributed by atoms with Gasteiger partial charge in [0.1, 0.15) is 0 Å². The fourth-order valence-corrected chi connectivity index (χ4v) is 3.52. The maximum absolute atomic E-state index is 11.9. The highest BCUT2D eigenvalue weighted by Gasteiger charge is 2.21. The molecule has 21 heavy (non-hydrogen) atoms. The van der Waals surface area contributed by atoms with Crippen LogP contribution in [0.25, 0.3) is 0 Å². The predicted octanol–water partition coefficient (Wildman–Crippen LogP) is 0.824. The van der Waals surface area contributed by atoms with Gasteiger partial charge >= 0.3 is 0 Å². The summed E-state index contributed by atoms with van der Waals surface area (Å²) in [6.45, 7) is 4.10. The number of likely N-dealkylation sites (N-methyl/N-ethyl adjacent to an activating group) is 1. The summed E-state index contributed by atoms with van der Waals surface area (Å²) in [5.41, 5.74) is 0. The molecule has 0 aromatic carbocycles. The number of aliphatic hydroxyl groups is 1. The minimum absolute atomic E-state index is 0.142. The number of aliphatic hydroxyl groups excluding tert-OH is 1. The lowest BCUT2D eigenvalue weighted by molar-refractivity contribution is -0.122. The van der Waals surface area contributed by atoms with E-state index in [1.807, 2.05) is 0 Å². The molecular formula is C16H31N3O2. The minimum atomic E-state index is -0.159. The number of carbonyl (C=O) groups is 1. The Kier molecular flexibility index (Phi) is 6.93. The lowest BCUT2D eigenvalue weighted by Crippen LogP contribution is -2.41. The molecule has 5 nitrogen and oxygen atoms in total. The number of nitrogens with one attached hydrogen (secondary N) is 1. The van der Waals surface area contributed by atoms with Gasteiger partial charge in [0, 0.05) is 19.1 Å². The summed E-state index contributed by atoms with van der Waals surface area (Å²) in [6.07, 6.45) is 7.90. The molecule has 1 heterocycles. The summed E-state index contributed by atoms with van der Waals surface area (Å²) in [5, 5.41) is 12.6. The van der Waals surface area contributed by atoms with Crippen LogP contribution in [-0.4, -0.2) is 72.7 Å². The first-order chi connectivity index (χ1) is 10.1. The molecule has 0 aromatic heterocycles. The van der Waals surface area contributed by atoms with Crippen LogP contribution in [0.3, 0.4) is 0 Å². The van der Waals surface area contributed by atoms with Crippen LogP contribution >= 0.6 is 0 Å². The normalized spacial score (nSPS) is 24.6. The first kappa shape index (κ1) is 16.7. The zero-order valence-electron chi connectivity index (χ0n) is 13.4. The minimum Gasteiger partial charge on any atom is -0.392 e. The van der Waals surface area contributed by atoms with Crippen LogP contribution in [0.1, 0.15) is 44.9 Å². The van der Waals surface area contributed by atoms with E-state index in [4.69, 9.17) is 0 Å². The van der Waals surface area contributed by atoms with E-state index in [1.54, 1.807) is 0 Å². The SMILES string of the molecule is CN(CC(=O)NCCCN1CCCC(O)C1)C1CCCC1. The van der Waals surface area contributed by atoms with Crippen molar-refractivity contribution in [1.82, 2.24) is 15.1 Å². The Morgan fingerprint density at radius 1 is 1.29 bits per heavy atom. The molecule has 5 heteroatoms. The quantitative estimate of drug-likeness (QED) is 0.683. The van der Waals surface area contributed by atoms with Crippen molar-refractivity contribution >= 4 is 5.91 Å². The van der Waals surface area contributed by atoms with E-state index in [0.717, 1.165) is 45.4 Å². The predicted molar refractivity (Wildman–Crippen MR) is 84.2 cm³/mol. The van der Waals surface area contributed by atoms with Crippen LogP contribution < -0.4 is 5.32 Å². The molecule has 1 aliphatic heterocycles. The number of likely N-dealkylation sites (tertiary alicyclic amines) is 1. The zero-order valence-corrected chi connectivity index (χ0v) is 13.4. The zero-order chi connectivity index (χ0) is 15.1. The van der Waals surface area contributed by atoms with Crippen molar-refractivity contribution in [3.05, 3.63) is 0 Å². The molecule has 1 atom stereocenters. The van der Waals surface area contributed by atoms with Gasteiger partial charge in [-0.05, 0) is 52.2 Å². The lowest BCUT2D eigenvalue weighted by Gasteiger charge is -2.29. The van der Waals surface area contributed by atoms with Gasteiger partial charge in [0.05, 0.1) is 12.6 Å². The van der Waals surface area contributed by atoms with Crippen LogP contribution in [0.5, 0.6) is 0 Å². The fourth-order valence-electron chi connectivity index (χ4n) is 3.52. The van der Waals surface area contributed by atoms with Gasteiger partial charge in [-0.25, -0.2) is 0 Å².